The summed E-state index contributed by atoms with van der Waals surface area (Å²) in [5.74, 6) is 0. The molecule has 1 aromatic carbocycles. The summed E-state index contributed by atoms with van der Waals surface area (Å²) in [6, 6.07) is 11.5. The lowest BCUT2D eigenvalue weighted by Crippen LogP contribution is -3.00. The van der Waals surface area contributed by atoms with Gasteiger partial charge in [-0.15, -0.1) is 0 Å². The van der Waals surface area contributed by atoms with Crippen LogP contribution in [0.4, 0.5) is 0 Å². The minimum absolute atomic E-state index is 0. The predicted molar refractivity (Wildman–Crippen MR) is 54.3 cm³/mol. The molecule has 0 heterocycles. The highest BCUT2D eigenvalue weighted by atomic mass is 35.5. The lowest BCUT2D eigenvalue weighted by Gasteiger charge is -2.23. The molecule has 0 radical (unpaired) electrons. The van der Waals surface area contributed by atoms with Crippen LogP contribution in [0.25, 0.3) is 0 Å². The second-order valence-corrected chi connectivity index (χ2v) is 4.54. The Kier molecular flexibility index (Phi) is 3.57. The van der Waals surface area contributed by atoms with E-state index in [2.05, 4.69) is 43.0 Å². The quantitative estimate of drug-likeness (QED) is 0.601. The minimum Gasteiger partial charge on any atom is -1.00 e. The fourth-order valence-electron chi connectivity index (χ4n) is 2.47. The molecule has 0 unspecified atom stereocenters. The Bertz CT molecular complexity index is 286. The van der Waals surface area contributed by atoms with E-state index in [1.807, 2.05) is 0 Å². The lowest BCUT2D eigenvalue weighted by molar-refractivity contribution is -0.418. The van der Waals surface area contributed by atoms with Crippen LogP contribution in [0.5, 0.6) is 0 Å². The fraction of sp³-hybridized carbons (Fsp3) is 0.500. The van der Waals surface area contributed by atoms with Gasteiger partial charge in [-0.3, -0.25) is 0 Å². The largest absolute Gasteiger partial charge is 1.00 e. The van der Waals surface area contributed by atoms with Crippen molar-refractivity contribution in [2.24, 2.45) is 0 Å². The second kappa shape index (κ2) is 4.33. The van der Waals surface area contributed by atoms with Gasteiger partial charge in [-0.25, -0.2) is 0 Å². The van der Waals surface area contributed by atoms with Crippen molar-refractivity contribution in [3.63, 3.8) is 0 Å². The molecule has 0 saturated heterocycles. The molecular weight excluding hydrogens is 194 g/mol. The van der Waals surface area contributed by atoms with E-state index >= 15 is 0 Å². The van der Waals surface area contributed by atoms with E-state index in [4.69, 9.17) is 0 Å². The molecule has 1 nitrogen and oxygen atoms in total. The van der Waals surface area contributed by atoms with Gasteiger partial charge in [0.1, 0.15) is 0 Å². The first kappa shape index (κ1) is 11.5. The fourth-order valence-corrected chi connectivity index (χ4v) is 2.47. The third kappa shape index (κ3) is 2.10. The molecule has 2 atom stereocenters. The second-order valence-electron chi connectivity index (χ2n) is 4.54. The van der Waals surface area contributed by atoms with Gasteiger partial charge in [0.25, 0.3) is 0 Å². The molecule has 3 N–H and O–H groups in total. The van der Waals surface area contributed by atoms with Gasteiger partial charge < -0.3 is 18.1 Å². The molecule has 0 aliphatic heterocycles. The van der Waals surface area contributed by atoms with Crippen LogP contribution in [0.2, 0.25) is 0 Å². The lowest BCUT2D eigenvalue weighted by atomic mass is 9.81. The van der Waals surface area contributed by atoms with Crippen molar-refractivity contribution < 1.29 is 18.1 Å². The number of hydrogen-bond acceptors (Lipinski definition) is 0. The van der Waals surface area contributed by atoms with Crippen molar-refractivity contribution >= 4 is 0 Å². The summed E-state index contributed by atoms with van der Waals surface area (Å²) >= 11 is 0. The van der Waals surface area contributed by atoms with Crippen molar-refractivity contribution in [1.29, 1.82) is 0 Å². The Balaban J connectivity index is 0.000000980. The standard InChI is InChI=1S/C12H17N.ClH/c1-12(8-7-11(13)9-12)10-5-3-2-4-6-10;/h2-6,11H,7-9,13H2,1H3;1H/t11-,12+;/m0./s1. The summed E-state index contributed by atoms with van der Waals surface area (Å²) in [6.07, 6.45) is 3.83. The molecule has 0 amide bonds. The highest BCUT2D eigenvalue weighted by Gasteiger charge is 2.36. The zero-order valence-electron chi connectivity index (χ0n) is 8.67. The van der Waals surface area contributed by atoms with Crippen LogP contribution < -0.4 is 18.1 Å². The maximum absolute atomic E-state index is 4.16. The minimum atomic E-state index is 0. The SMILES string of the molecule is C[C@@]1(c2ccccc2)CC[C@H]([NH3+])C1.[Cl-]. The zero-order valence-corrected chi connectivity index (χ0v) is 9.43. The third-order valence-electron chi connectivity index (χ3n) is 3.31. The summed E-state index contributed by atoms with van der Waals surface area (Å²) in [5.41, 5.74) is 6.04. The molecule has 78 valence electrons. The van der Waals surface area contributed by atoms with Crippen molar-refractivity contribution in [3.8, 4) is 0 Å². The van der Waals surface area contributed by atoms with Crippen molar-refractivity contribution in [2.45, 2.75) is 37.6 Å². The van der Waals surface area contributed by atoms with Crippen LogP contribution in [0.15, 0.2) is 30.3 Å². The van der Waals surface area contributed by atoms with Gasteiger partial charge in [-0.1, -0.05) is 37.3 Å². The van der Waals surface area contributed by atoms with E-state index in [9.17, 15) is 0 Å². The van der Waals surface area contributed by atoms with Crippen LogP contribution in [-0.2, 0) is 5.41 Å². The maximum atomic E-state index is 4.16. The molecule has 0 spiro atoms. The molecule has 0 aromatic heterocycles. The number of hydrogen-bond donors (Lipinski definition) is 1. The molecule has 2 rings (SSSR count). The summed E-state index contributed by atoms with van der Waals surface area (Å²) < 4.78 is 0. The highest BCUT2D eigenvalue weighted by Crippen LogP contribution is 2.39. The van der Waals surface area contributed by atoms with E-state index in [1.54, 1.807) is 0 Å². The number of benzene rings is 1. The Labute approximate surface area is 92.1 Å². The van der Waals surface area contributed by atoms with Gasteiger partial charge >= 0.3 is 0 Å². The Morgan fingerprint density at radius 3 is 2.43 bits per heavy atom. The van der Waals surface area contributed by atoms with Crippen molar-refractivity contribution in [3.05, 3.63) is 35.9 Å². The van der Waals surface area contributed by atoms with Crippen LogP contribution >= 0.6 is 0 Å². The monoisotopic (exact) mass is 211 g/mol. The average molecular weight is 212 g/mol. The van der Waals surface area contributed by atoms with Crippen LogP contribution in [-0.4, -0.2) is 6.04 Å². The first-order chi connectivity index (χ1) is 6.21. The summed E-state index contributed by atoms with van der Waals surface area (Å²) in [7, 11) is 0. The predicted octanol–water partition coefficient (Wildman–Crippen LogP) is -1.26. The van der Waals surface area contributed by atoms with E-state index < -0.39 is 0 Å². The van der Waals surface area contributed by atoms with Crippen molar-refractivity contribution in [1.82, 2.24) is 0 Å². The Hall–Kier alpha value is -0.530. The molecule has 1 fully saturated rings. The van der Waals surface area contributed by atoms with E-state index in [0.717, 1.165) is 0 Å². The van der Waals surface area contributed by atoms with Gasteiger partial charge in [0, 0.05) is 12.8 Å². The average Bonchev–Trinajstić information content (AvgIpc) is 2.49. The first-order valence-corrected chi connectivity index (χ1v) is 5.09. The molecule has 2 heteroatoms. The van der Waals surface area contributed by atoms with Gasteiger partial charge in [-0.2, -0.15) is 0 Å². The molecular formula is C12H18ClN. The number of quaternary nitrogens is 1. The molecule has 1 saturated carbocycles. The summed E-state index contributed by atoms with van der Waals surface area (Å²) in [5, 5.41) is 0. The highest BCUT2D eigenvalue weighted by molar-refractivity contribution is 5.25. The number of rotatable bonds is 1. The van der Waals surface area contributed by atoms with Gasteiger partial charge in [-0.05, 0) is 17.4 Å². The molecule has 1 aliphatic carbocycles. The summed E-state index contributed by atoms with van der Waals surface area (Å²) in [6.45, 7) is 2.37. The van der Waals surface area contributed by atoms with Crippen LogP contribution in [0, 0.1) is 0 Å². The zero-order chi connectivity index (χ0) is 9.31. The van der Waals surface area contributed by atoms with Crippen LogP contribution in [0.1, 0.15) is 31.7 Å². The topological polar surface area (TPSA) is 27.6 Å². The molecule has 1 aliphatic rings. The van der Waals surface area contributed by atoms with E-state index in [-0.39, 0.29) is 12.4 Å². The summed E-state index contributed by atoms with van der Waals surface area (Å²) in [4.78, 5) is 0. The third-order valence-corrected chi connectivity index (χ3v) is 3.31. The molecule has 0 bridgehead atoms. The normalized spacial score (nSPS) is 31.1. The van der Waals surface area contributed by atoms with Gasteiger partial charge in [0.05, 0.1) is 6.04 Å². The van der Waals surface area contributed by atoms with Gasteiger partial charge in [0.2, 0.25) is 0 Å². The Morgan fingerprint density at radius 1 is 1.29 bits per heavy atom. The Morgan fingerprint density at radius 2 is 1.93 bits per heavy atom. The smallest absolute Gasteiger partial charge is 0.0852 e. The van der Waals surface area contributed by atoms with Gasteiger partial charge in [0.15, 0.2) is 0 Å². The number of halogens is 1. The van der Waals surface area contributed by atoms with Crippen LogP contribution in [0.3, 0.4) is 0 Å². The van der Waals surface area contributed by atoms with Crippen molar-refractivity contribution in [2.75, 3.05) is 0 Å². The molecule has 14 heavy (non-hydrogen) atoms. The van der Waals surface area contributed by atoms with E-state index in [1.165, 1.54) is 24.8 Å². The molecule has 1 aromatic rings. The van der Waals surface area contributed by atoms with E-state index in [0.29, 0.717) is 11.5 Å². The maximum Gasteiger partial charge on any atom is 0.0852 e. The first-order valence-electron chi connectivity index (χ1n) is 5.09.